The second kappa shape index (κ2) is 4.26. The summed E-state index contributed by atoms with van der Waals surface area (Å²) in [7, 11) is 0. The maximum Gasteiger partial charge on any atom is 0.320 e. The predicted octanol–water partition coefficient (Wildman–Crippen LogP) is 0.0186. The van der Waals surface area contributed by atoms with Crippen LogP contribution in [0.4, 0.5) is 4.39 Å². The van der Waals surface area contributed by atoms with Crippen LogP contribution in [0.5, 0.6) is 0 Å². The Labute approximate surface area is 52.9 Å². The summed E-state index contributed by atoms with van der Waals surface area (Å²) in [4.78, 5) is 10.0. The molecule has 1 atom stereocenters. The minimum atomic E-state index is -0.955. The van der Waals surface area contributed by atoms with Gasteiger partial charge in [0.05, 0.1) is 0 Å². The number of carboxylic acids is 1. The van der Waals surface area contributed by atoms with Crippen molar-refractivity contribution < 1.29 is 14.3 Å². The van der Waals surface area contributed by atoms with E-state index >= 15 is 0 Å². The van der Waals surface area contributed by atoms with Crippen LogP contribution < -0.4 is 5.32 Å². The summed E-state index contributed by atoms with van der Waals surface area (Å²) in [6, 6.07) is -0.652. The smallest absolute Gasteiger partial charge is 0.320 e. The minimum Gasteiger partial charge on any atom is -0.480 e. The Bertz CT molecular complexity index is 97.0. The molecule has 0 radical (unpaired) electrons. The van der Waals surface area contributed by atoms with E-state index in [1.807, 2.05) is 0 Å². The highest BCUT2D eigenvalue weighted by Gasteiger charge is 2.07. The third-order valence-corrected chi connectivity index (χ3v) is 0.915. The first-order valence-electron chi connectivity index (χ1n) is 2.70. The molecule has 0 bridgehead atoms. The van der Waals surface area contributed by atoms with E-state index in [-0.39, 0.29) is 6.54 Å². The summed E-state index contributed by atoms with van der Waals surface area (Å²) in [5.41, 5.74) is 0. The lowest BCUT2D eigenvalue weighted by atomic mass is 10.3. The summed E-state index contributed by atoms with van der Waals surface area (Å²) in [6.45, 7) is 1.04. The Morgan fingerprint density at radius 1 is 1.89 bits per heavy atom. The van der Waals surface area contributed by atoms with Crippen molar-refractivity contribution in [3.63, 3.8) is 0 Å². The van der Waals surface area contributed by atoms with Gasteiger partial charge in [0.15, 0.2) is 0 Å². The summed E-state index contributed by atoms with van der Waals surface area (Å²) < 4.78 is 11.4. The molecular formula is C5H10FNO2. The van der Waals surface area contributed by atoms with Gasteiger partial charge in [-0.05, 0) is 6.92 Å². The fourth-order valence-corrected chi connectivity index (χ4v) is 0.358. The van der Waals surface area contributed by atoms with Crippen LogP contribution >= 0.6 is 0 Å². The highest BCUT2D eigenvalue weighted by molar-refractivity contribution is 5.72. The summed E-state index contributed by atoms with van der Waals surface area (Å²) in [5.74, 6) is -0.955. The van der Waals surface area contributed by atoms with Gasteiger partial charge < -0.3 is 10.4 Å². The van der Waals surface area contributed by atoms with Gasteiger partial charge in [0.2, 0.25) is 0 Å². The Kier molecular flexibility index (Phi) is 3.96. The molecule has 0 aromatic carbocycles. The molecule has 1 unspecified atom stereocenters. The van der Waals surface area contributed by atoms with Gasteiger partial charge >= 0.3 is 5.97 Å². The molecule has 0 heterocycles. The van der Waals surface area contributed by atoms with Crippen LogP contribution in [-0.2, 0) is 4.79 Å². The molecule has 0 rings (SSSR count). The van der Waals surface area contributed by atoms with Gasteiger partial charge in [-0.3, -0.25) is 4.79 Å². The first kappa shape index (κ1) is 8.36. The Balaban J connectivity index is 3.27. The number of nitrogens with one attached hydrogen (secondary N) is 1. The Morgan fingerprint density at radius 2 is 2.44 bits per heavy atom. The summed E-state index contributed by atoms with van der Waals surface area (Å²) in [5, 5.41) is 10.7. The Hall–Kier alpha value is -0.640. The molecular weight excluding hydrogens is 125 g/mol. The van der Waals surface area contributed by atoms with Gasteiger partial charge in [-0.15, -0.1) is 0 Å². The lowest BCUT2D eigenvalue weighted by Gasteiger charge is -2.04. The number of carboxylic acid groups (broad SMARTS) is 1. The van der Waals surface area contributed by atoms with Gasteiger partial charge in [-0.1, -0.05) is 0 Å². The van der Waals surface area contributed by atoms with Gasteiger partial charge in [0.25, 0.3) is 0 Å². The van der Waals surface area contributed by atoms with Crippen LogP contribution in [0.2, 0.25) is 0 Å². The molecule has 0 aromatic rings. The highest BCUT2D eigenvalue weighted by atomic mass is 19.1. The standard InChI is InChI=1S/C5H10FNO2/c1-4(5(8)9)7-3-2-6/h4,7H,2-3H2,1H3,(H,8,9). The van der Waals surface area contributed by atoms with E-state index in [4.69, 9.17) is 5.11 Å². The summed E-state index contributed by atoms with van der Waals surface area (Å²) >= 11 is 0. The molecule has 4 heteroatoms. The van der Waals surface area contributed by atoms with Crippen molar-refractivity contribution >= 4 is 5.97 Å². The second-order valence-corrected chi connectivity index (χ2v) is 1.70. The fourth-order valence-electron chi connectivity index (χ4n) is 0.358. The van der Waals surface area contributed by atoms with Crippen LogP contribution in [0.15, 0.2) is 0 Å². The van der Waals surface area contributed by atoms with Crippen LogP contribution in [0.1, 0.15) is 6.92 Å². The predicted molar refractivity (Wildman–Crippen MR) is 31.1 cm³/mol. The molecule has 0 fully saturated rings. The first-order valence-corrected chi connectivity index (χ1v) is 2.70. The molecule has 3 nitrogen and oxygen atoms in total. The van der Waals surface area contributed by atoms with E-state index in [0.29, 0.717) is 0 Å². The van der Waals surface area contributed by atoms with Crippen molar-refractivity contribution in [1.82, 2.24) is 5.32 Å². The zero-order chi connectivity index (χ0) is 7.28. The molecule has 0 saturated carbocycles. The molecule has 0 aliphatic heterocycles. The van der Waals surface area contributed by atoms with Crippen LogP contribution in [0.25, 0.3) is 0 Å². The zero-order valence-electron chi connectivity index (χ0n) is 5.22. The monoisotopic (exact) mass is 135 g/mol. The van der Waals surface area contributed by atoms with E-state index in [1.54, 1.807) is 0 Å². The molecule has 0 aliphatic rings. The average Bonchev–Trinajstić information content (AvgIpc) is 1.82. The number of aliphatic carboxylic acids is 1. The number of hydrogen-bond donors (Lipinski definition) is 2. The topological polar surface area (TPSA) is 49.3 Å². The molecule has 0 aliphatic carbocycles. The van der Waals surface area contributed by atoms with E-state index in [9.17, 15) is 9.18 Å². The van der Waals surface area contributed by atoms with Crippen molar-refractivity contribution in [2.24, 2.45) is 0 Å². The summed E-state index contributed by atoms with van der Waals surface area (Å²) in [6.07, 6.45) is 0. The van der Waals surface area contributed by atoms with E-state index < -0.39 is 18.7 Å². The zero-order valence-corrected chi connectivity index (χ0v) is 5.22. The van der Waals surface area contributed by atoms with Crippen LogP contribution in [0, 0.1) is 0 Å². The van der Waals surface area contributed by atoms with E-state index in [0.717, 1.165) is 0 Å². The molecule has 2 N–H and O–H groups in total. The number of carbonyl (C=O) groups is 1. The lowest BCUT2D eigenvalue weighted by Crippen LogP contribution is -2.34. The second-order valence-electron chi connectivity index (χ2n) is 1.70. The van der Waals surface area contributed by atoms with Crippen molar-refractivity contribution in [1.29, 1.82) is 0 Å². The van der Waals surface area contributed by atoms with Gasteiger partial charge in [-0.2, -0.15) is 0 Å². The fraction of sp³-hybridized carbons (Fsp3) is 0.800. The van der Waals surface area contributed by atoms with Crippen molar-refractivity contribution in [3.8, 4) is 0 Å². The van der Waals surface area contributed by atoms with E-state index in [2.05, 4.69) is 5.32 Å². The molecule has 0 aromatic heterocycles. The largest absolute Gasteiger partial charge is 0.480 e. The van der Waals surface area contributed by atoms with Crippen LogP contribution in [0.3, 0.4) is 0 Å². The average molecular weight is 135 g/mol. The molecule has 9 heavy (non-hydrogen) atoms. The number of alkyl halides is 1. The number of halogens is 1. The van der Waals surface area contributed by atoms with Crippen molar-refractivity contribution in [2.45, 2.75) is 13.0 Å². The first-order chi connectivity index (χ1) is 4.18. The Morgan fingerprint density at radius 3 is 2.78 bits per heavy atom. The SMILES string of the molecule is CC(NCCF)C(=O)O. The lowest BCUT2D eigenvalue weighted by molar-refractivity contribution is -0.138. The van der Waals surface area contributed by atoms with Gasteiger partial charge in [0, 0.05) is 6.54 Å². The number of rotatable bonds is 4. The maximum absolute atomic E-state index is 11.4. The molecule has 0 spiro atoms. The molecule has 0 saturated heterocycles. The third-order valence-electron chi connectivity index (χ3n) is 0.915. The quantitative estimate of drug-likeness (QED) is 0.571. The van der Waals surface area contributed by atoms with Gasteiger partial charge in [-0.25, -0.2) is 4.39 Å². The number of hydrogen-bond acceptors (Lipinski definition) is 2. The van der Waals surface area contributed by atoms with Crippen LogP contribution in [-0.4, -0.2) is 30.3 Å². The molecule has 54 valence electrons. The normalized spacial score (nSPS) is 13.1. The van der Waals surface area contributed by atoms with E-state index in [1.165, 1.54) is 6.92 Å². The third kappa shape index (κ3) is 3.90. The minimum absolute atomic E-state index is 0.105. The molecule has 0 amide bonds. The van der Waals surface area contributed by atoms with Gasteiger partial charge in [0.1, 0.15) is 12.7 Å². The highest BCUT2D eigenvalue weighted by Crippen LogP contribution is 1.78. The van der Waals surface area contributed by atoms with Crippen molar-refractivity contribution in [3.05, 3.63) is 0 Å². The maximum atomic E-state index is 11.4. The van der Waals surface area contributed by atoms with Crippen molar-refractivity contribution in [2.75, 3.05) is 13.2 Å².